The zero-order valence-electron chi connectivity index (χ0n) is 15.9. The highest BCUT2D eigenvalue weighted by atomic mass is 16.5. The number of rotatable bonds is 14. The van der Waals surface area contributed by atoms with Gasteiger partial charge in [-0.15, -0.1) is 0 Å². The fourth-order valence-corrected chi connectivity index (χ4v) is 2.86. The van der Waals surface area contributed by atoms with Gasteiger partial charge in [-0.05, 0) is 19.3 Å². The fraction of sp³-hybridized carbons (Fsp3) is 0.947. The van der Waals surface area contributed by atoms with E-state index in [9.17, 15) is 0 Å². The van der Waals surface area contributed by atoms with E-state index in [0.29, 0.717) is 5.92 Å². The van der Waals surface area contributed by atoms with Crippen molar-refractivity contribution in [1.82, 2.24) is 10.6 Å². The van der Waals surface area contributed by atoms with Crippen LogP contribution in [0, 0.1) is 5.92 Å². The third-order valence-electron chi connectivity index (χ3n) is 4.43. The molecule has 1 rings (SSSR count). The number of guanidine groups is 1. The largest absolute Gasteiger partial charge is 0.381 e. The highest BCUT2D eigenvalue weighted by molar-refractivity contribution is 5.79. The molecule has 0 aromatic heterocycles. The van der Waals surface area contributed by atoms with Crippen LogP contribution in [0.1, 0.15) is 64.7 Å². The molecular weight excluding hydrogens is 302 g/mol. The summed E-state index contributed by atoms with van der Waals surface area (Å²) >= 11 is 0. The zero-order chi connectivity index (χ0) is 17.3. The van der Waals surface area contributed by atoms with Gasteiger partial charge in [-0.25, -0.2) is 0 Å². The van der Waals surface area contributed by atoms with Crippen molar-refractivity contribution in [3.05, 3.63) is 0 Å². The molecule has 0 radical (unpaired) electrons. The number of ether oxygens (including phenoxy) is 2. The Morgan fingerprint density at radius 2 is 1.75 bits per heavy atom. The Morgan fingerprint density at radius 1 is 1.04 bits per heavy atom. The van der Waals surface area contributed by atoms with E-state index in [4.69, 9.17) is 9.47 Å². The summed E-state index contributed by atoms with van der Waals surface area (Å²) in [5.74, 6) is 1.51. The van der Waals surface area contributed by atoms with Crippen LogP contribution in [0.4, 0.5) is 0 Å². The molecule has 0 spiro atoms. The number of nitrogens with zero attached hydrogens (tertiary/aromatic N) is 1. The Kier molecular flexibility index (Phi) is 13.9. The lowest BCUT2D eigenvalue weighted by molar-refractivity contribution is 0.0888. The second-order valence-corrected chi connectivity index (χ2v) is 6.71. The minimum atomic E-state index is 0.606. The highest BCUT2D eigenvalue weighted by Crippen LogP contribution is 2.12. The lowest BCUT2D eigenvalue weighted by Crippen LogP contribution is -2.38. The van der Waals surface area contributed by atoms with E-state index in [1.54, 1.807) is 0 Å². The van der Waals surface area contributed by atoms with Crippen LogP contribution < -0.4 is 10.6 Å². The fourth-order valence-electron chi connectivity index (χ4n) is 2.86. The van der Waals surface area contributed by atoms with Crippen LogP contribution in [-0.4, -0.2) is 52.5 Å². The maximum atomic E-state index is 5.71. The predicted octanol–water partition coefficient (Wildman–Crippen LogP) is 3.35. The number of aliphatic imine (C=N–C) groups is 1. The number of hydrogen-bond donors (Lipinski definition) is 2. The predicted molar refractivity (Wildman–Crippen MR) is 102 cm³/mol. The molecule has 1 saturated heterocycles. The normalized spacial score (nSPS) is 18.1. The SMILES string of the molecule is CCCCCCCCCNC(=NC)NCCCOCC1CCOC1. The molecule has 5 heteroatoms. The number of hydrogen-bond acceptors (Lipinski definition) is 3. The van der Waals surface area contributed by atoms with Crippen LogP contribution in [0.5, 0.6) is 0 Å². The molecule has 1 aliphatic heterocycles. The summed E-state index contributed by atoms with van der Waals surface area (Å²) in [6.45, 7) is 7.58. The van der Waals surface area contributed by atoms with Gasteiger partial charge >= 0.3 is 0 Å². The van der Waals surface area contributed by atoms with Gasteiger partial charge in [0.05, 0.1) is 13.2 Å². The van der Waals surface area contributed by atoms with Crippen LogP contribution in [0.3, 0.4) is 0 Å². The minimum Gasteiger partial charge on any atom is -0.381 e. The molecule has 1 atom stereocenters. The molecule has 0 amide bonds. The average molecular weight is 342 g/mol. The van der Waals surface area contributed by atoms with E-state index >= 15 is 0 Å². The maximum Gasteiger partial charge on any atom is 0.190 e. The van der Waals surface area contributed by atoms with Crippen molar-refractivity contribution >= 4 is 5.96 Å². The Morgan fingerprint density at radius 3 is 2.42 bits per heavy atom. The summed E-state index contributed by atoms with van der Waals surface area (Å²) in [6.07, 6.45) is 11.5. The molecule has 0 saturated carbocycles. The Labute approximate surface area is 149 Å². The Bertz CT molecular complexity index is 305. The summed E-state index contributed by atoms with van der Waals surface area (Å²) < 4.78 is 11.1. The van der Waals surface area contributed by atoms with Gasteiger partial charge in [-0.2, -0.15) is 0 Å². The van der Waals surface area contributed by atoms with Crippen molar-refractivity contribution in [3.8, 4) is 0 Å². The molecule has 1 unspecified atom stereocenters. The van der Waals surface area contributed by atoms with Crippen molar-refractivity contribution < 1.29 is 9.47 Å². The molecule has 1 aliphatic rings. The molecule has 24 heavy (non-hydrogen) atoms. The quantitative estimate of drug-likeness (QED) is 0.289. The first-order valence-electron chi connectivity index (χ1n) is 9.96. The van der Waals surface area contributed by atoms with E-state index in [1.165, 1.54) is 44.9 Å². The molecule has 1 fully saturated rings. The van der Waals surface area contributed by atoms with Crippen LogP contribution in [0.25, 0.3) is 0 Å². The van der Waals surface area contributed by atoms with Gasteiger partial charge in [-0.3, -0.25) is 4.99 Å². The topological polar surface area (TPSA) is 54.9 Å². The van der Waals surface area contributed by atoms with Gasteiger partial charge in [0.15, 0.2) is 5.96 Å². The van der Waals surface area contributed by atoms with Crippen molar-refractivity contribution in [2.45, 2.75) is 64.7 Å². The molecule has 5 nitrogen and oxygen atoms in total. The molecule has 142 valence electrons. The third-order valence-corrected chi connectivity index (χ3v) is 4.43. The van der Waals surface area contributed by atoms with E-state index in [0.717, 1.165) is 58.3 Å². The summed E-state index contributed by atoms with van der Waals surface area (Å²) in [5, 5.41) is 6.74. The summed E-state index contributed by atoms with van der Waals surface area (Å²) in [7, 11) is 1.83. The summed E-state index contributed by atoms with van der Waals surface area (Å²) in [6, 6.07) is 0. The second-order valence-electron chi connectivity index (χ2n) is 6.71. The summed E-state index contributed by atoms with van der Waals surface area (Å²) in [4.78, 5) is 4.26. The Balaban J connectivity index is 1.85. The van der Waals surface area contributed by atoms with Crippen molar-refractivity contribution in [3.63, 3.8) is 0 Å². The van der Waals surface area contributed by atoms with E-state index in [2.05, 4.69) is 22.5 Å². The van der Waals surface area contributed by atoms with Gasteiger partial charge in [0.1, 0.15) is 0 Å². The van der Waals surface area contributed by atoms with Crippen molar-refractivity contribution in [2.75, 3.05) is 46.6 Å². The average Bonchev–Trinajstić information content (AvgIpc) is 3.11. The Hall–Kier alpha value is -0.810. The van der Waals surface area contributed by atoms with Crippen LogP contribution in [0.2, 0.25) is 0 Å². The van der Waals surface area contributed by atoms with Gasteiger partial charge in [0.2, 0.25) is 0 Å². The van der Waals surface area contributed by atoms with E-state index < -0.39 is 0 Å². The van der Waals surface area contributed by atoms with Crippen LogP contribution in [-0.2, 0) is 9.47 Å². The van der Waals surface area contributed by atoms with Crippen molar-refractivity contribution in [2.24, 2.45) is 10.9 Å². The first-order valence-corrected chi connectivity index (χ1v) is 9.96. The monoisotopic (exact) mass is 341 g/mol. The van der Waals surface area contributed by atoms with E-state index in [-0.39, 0.29) is 0 Å². The number of unbranched alkanes of at least 4 members (excludes halogenated alkanes) is 6. The second kappa shape index (κ2) is 15.7. The highest BCUT2D eigenvalue weighted by Gasteiger charge is 2.15. The van der Waals surface area contributed by atoms with Gasteiger partial charge in [0.25, 0.3) is 0 Å². The molecule has 0 aromatic rings. The maximum absolute atomic E-state index is 5.71. The molecule has 1 heterocycles. The van der Waals surface area contributed by atoms with Gasteiger partial charge in [0, 0.05) is 39.3 Å². The smallest absolute Gasteiger partial charge is 0.190 e. The molecule has 0 bridgehead atoms. The van der Waals surface area contributed by atoms with Gasteiger partial charge in [-0.1, -0.05) is 45.4 Å². The van der Waals surface area contributed by atoms with E-state index in [1.807, 2.05) is 7.05 Å². The minimum absolute atomic E-state index is 0.606. The zero-order valence-corrected chi connectivity index (χ0v) is 15.9. The lowest BCUT2D eigenvalue weighted by Gasteiger charge is -2.12. The first-order chi connectivity index (χ1) is 11.9. The summed E-state index contributed by atoms with van der Waals surface area (Å²) in [5.41, 5.74) is 0. The van der Waals surface area contributed by atoms with Gasteiger partial charge < -0.3 is 20.1 Å². The lowest BCUT2D eigenvalue weighted by atomic mass is 10.1. The van der Waals surface area contributed by atoms with Crippen molar-refractivity contribution in [1.29, 1.82) is 0 Å². The standard InChI is InChI=1S/C19H39N3O2/c1-3-4-5-6-7-8-9-12-21-19(20-2)22-13-10-14-23-16-18-11-15-24-17-18/h18H,3-17H2,1-2H3,(H2,20,21,22). The third kappa shape index (κ3) is 11.7. The molecule has 0 aromatic carbocycles. The van der Waals surface area contributed by atoms with Crippen LogP contribution in [0.15, 0.2) is 4.99 Å². The molecule has 2 N–H and O–H groups in total. The molecule has 0 aliphatic carbocycles. The number of nitrogens with one attached hydrogen (secondary N) is 2. The molecular formula is C19H39N3O2. The van der Waals surface area contributed by atoms with Crippen LogP contribution >= 0.6 is 0 Å². The first kappa shape index (κ1) is 21.2.